The van der Waals surface area contributed by atoms with Crippen LogP contribution in [0.4, 0.5) is 0 Å². The van der Waals surface area contributed by atoms with Gasteiger partial charge in [0, 0.05) is 31.3 Å². The van der Waals surface area contributed by atoms with E-state index in [4.69, 9.17) is 14.2 Å². The molecule has 32 heavy (non-hydrogen) atoms. The molecule has 0 aliphatic heterocycles. The summed E-state index contributed by atoms with van der Waals surface area (Å²) in [6.45, 7) is 18.6. The number of rotatable bonds is 11. The summed E-state index contributed by atoms with van der Waals surface area (Å²) in [6, 6.07) is 0. The Labute approximate surface area is 194 Å². The molecule has 0 aromatic rings. The Morgan fingerprint density at radius 2 is 1.16 bits per heavy atom. The van der Waals surface area contributed by atoms with Crippen molar-refractivity contribution >= 4 is 11.9 Å². The van der Waals surface area contributed by atoms with E-state index in [1.54, 1.807) is 48.7 Å². The van der Waals surface area contributed by atoms with E-state index < -0.39 is 28.7 Å². The predicted molar refractivity (Wildman–Crippen MR) is 126 cm³/mol. The quantitative estimate of drug-likeness (QED) is 0.215. The fraction of sp³-hybridized carbons (Fsp3) is 0.917. The zero-order valence-corrected chi connectivity index (χ0v) is 22.3. The van der Waals surface area contributed by atoms with Gasteiger partial charge in [0.05, 0.1) is 18.4 Å². The van der Waals surface area contributed by atoms with Crippen LogP contribution < -0.4 is 0 Å². The van der Waals surface area contributed by atoms with E-state index >= 15 is 0 Å². The second-order valence-corrected chi connectivity index (χ2v) is 10.7. The fourth-order valence-corrected chi connectivity index (χ4v) is 2.71. The number of ether oxygens (including phenoxy) is 3. The van der Waals surface area contributed by atoms with Gasteiger partial charge in [-0.15, -0.1) is 0 Å². The summed E-state index contributed by atoms with van der Waals surface area (Å²) in [5.41, 5.74) is -2.49. The van der Waals surface area contributed by atoms with E-state index in [1.165, 1.54) is 0 Å². The summed E-state index contributed by atoms with van der Waals surface area (Å²) in [5.74, 6) is -0.931. The molecule has 0 aromatic carbocycles. The number of carbonyl (C=O) groups excluding carboxylic acids is 2. The second kappa shape index (κ2) is 13.8. The lowest BCUT2D eigenvalue weighted by molar-refractivity contribution is -0.574. The Balaban J connectivity index is 0. The molecule has 0 saturated heterocycles. The van der Waals surface area contributed by atoms with Gasteiger partial charge in [-0.2, -0.15) is 0 Å². The Morgan fingerprint density at radius 3 is 1.34 bits per heavy atom. The molecule has 0 aromatic heterocycles. The van der Waals surface area contributed by atoms with Crippen LogP contribution in [-0.2, 0) is 23.8 Å². The summed E-state index contributed by atoms with van der Waals surface area (Å²) in [5, 5.41) is 11.7. The van der Waals surface area contributed by atoms with Gasteiger partial charge in [0.25, 0.3) is 0 Å². The zero-order valence-electron chi connectivity index (χ0n) is 22.3. The van der Waals surface area contributed by atoms with Gasteiger partial charge in [-0.1, -0.05) is 13.8 Å². The average molecular weight is 462 g/mol. The lowest BCUT2D eigenvalue weighted by Crippen LogP contribution is -2.40. The van der Waals surface area contributed by atoms with Crippen molar-refractivity contribution in [3.63, 3.8) is 0 Å². The molecule has 0 saturated carbocycles. The van der Waals surface area contributed by atoms with Crippen LogP contribution in [0.5, 0.6) is 0 Å². The molecule has 0 unspecified atom stereocenters. The molecule has 0 N–H and O–H groups in total. The molecule has 0 radical (unpaired) electrons. The molecule has 0 bridgehead atoms. The minimum atomic E-state index is -1.32. The van der Waals surface area contributed by atoms with Crippen molar-refractivity contribution in [2.24, 2.45) is 0 Å². The minimum absolute atomic E-state index is 0.0472. The highest BCUT2D eigenvalue weighted by Crippen LogP contribution is 2.30. The predicted octanol–water partition coefficient (Wildman–Crippen LogP) is 5.87. The smallest absolute Gasteiger partial charge is 0.306 e. The van der Waals surface area contributed by atoms with Gasteiger partial charge >= 0.3 is 11.9 Å². The second-order valence-electron chi connectivity index (χ2n) is 10.7. The van der Waals surface area contributed by atoms with Crippen LogP contribution in [0.2, 0.25) is 0 Å². The van der Waals surface area contributed by atoms with Crippen LogP contribution in [0, 0.1) is 10.1 Å². The number of methoxy groups -OCH3 is 1. The van der Waals surface area contributed by atoms with E-state index in [0.717, 1.165) is 6.42 Å². The number of esters is 2. The topological polar surface area (TPSA) is 105 Å². The summed E-state index contributed by atoms with van der Waals surface area (Å²) in [4.78, 5) is 35.2. The van der Waals surface area contributed by atoms with Crippen LogP contribution in [0.1, 0.15) is 114 Å². The molecule has 8 heteroatoms. The maximum absolute atomic E-state index is 11.9. The summed E-state index contributed by atoms with van der Waals surface area (Å²) in [6.07, 6.45) is 1.95. The van der Waals surface area contributed by atoms with Crippen molar-refractivity contribution in [1.82, 2.24) is 0 Å². The molecule has 190 valence electrons. The van der Waals surface area contributed by atoms with Crippen LogP contribution in [0.25, 0.3) is 0 Å². The Bertz CT molecular complexity index is 548. The first-order valence-electron chi connectivity index (χ1n) is 11.5. The number of hydrogen-bond donors (Lipinski definition) is 0. The summed E-state index contributed by atoms with van der Waals surface area (Å²) >= 11 is 0. The molecule has 0 aliphatic carbocycles. The van der Waals surface area contributed by atoms with Gasteiger partial charge < -0.3 is 14.2 Å². The summed E-state index contributed by atoms with van der Waals surface area (Å²) in [7, 11) is 1.74. The largest absolute Gasteiger partial charge is 0.460 e. The molecule has 0 rings (SSSR count). The van der Waals surface area contributed by atoms with Crippen molar-refractivity contribution in [3.05, 3.63) is 10.1 Å². The van der Waals surface area contributed by atoms with E-state index in [-0.39, 0.29) is 36.2 Å². The van der Waals surface area contributed by atoms with Gasteiger partial charge in [0.1, 0.15) is 11.2 Å². The Morgan fingerprint density at radius 1 is 0.781 bits per heavy atom. The van der Waals surface area contributed by atoms with Crippen molar-refractivity contribution < 1.29 is 28.7 Å². The molecule has 0 heterocycles. The van der Waals surface area contributed by atoms with Crippen molar-refractivity contribution in [1.29, 1.82) is 0 Å². The van der Waals surface area contributed by atoms with Gasteiger partial charge in [0.2, 0.25) is 5.54 Å². The third kappa shape index (κ3) is 16.0. The van der Waals surface area contributed by atoms with Crippen LogP contribution >= 0.6 is 0 Å². The van der Waals surface area contributed by atoms with Crippen molar-refractivity contribution in [3.8, 4) is 0 Å². The summed E-state index contributed by atoms with van der Waals surface area (Å²) < 4.78 is 15.5. The highest BCUT2D eigenvalue weighted by Gasteiger charge is 2.43. The number of nitro groups is 1. The molecule has 8 nitrogen and oxygen atoms in total. The number of hydrogen-bond acceptors (Lipinski definition) is 7. The molecule has 0 atom stereocenters. The zero-order chi connectivity index (χ0) is 25.8. The third-order valence-corrected chi connectivity index (χ3v) is 4.94. The van der Waals surface area contributed by atoms with Gasteiger partial charge in [-0.25, -0.2) is 0 Å². The highest BCUT2D eigenvalue weighted by atomic mass is 16.6. The Hall–Kier alpha value is -1.70. The van der Waals surface area contributed by atoms with Crippen LogP contribution in [0.3, 0.4) is 0 Å². The van der Waals surface area contributed by atoms with E-state index in [2.05, 4.69) is 20.8 Å². The van der Waals surface area contributed by atoms with Crippen LogP contribution in [-0.4, -0.2) is 46.3 Å². The molecule has 0 aliphatic rings. The van der Waals surface area contributed by atoms with E-state index in [0.29, 0.717) is 12.8 Å². The minimum Gasteiger partial charge on any atom is -0.460 e. The molecule has 0 spiro atoms. The first kappa shape index (κ1) is 32.5. The fourth-order valence-electron chi connectivity index (χ4n) is 2.71. The standard InChI is InChI=1S/C18H33NO6.C6H14O/c1-8-11-18(19(22)23,12-9-14(20)24-16(2,3)4)13-10-15(21)25-17(5,6)7;1-5-6(2,3)7-4/h8-13H2,1-7H3;5H2,1-4H3. The molecule has 0 fully saturated rings. The normalized spacial score (nSPS) is 12.5. The highest BCUT2D eigenvalue weighted by molar-refractivity contribution is 5.70. The molecular formula is C24H47NO7. The first-order chi connectivity index (χ1) is 14.3. The van der Waals surface area contributed by atoms with Gasteiger partial charge in [-0.05, 0) is 68.2 Å². The lowest BCUT2D eigenvalue weighted by Gasteiger charge is -2.26. The van der Waals surface area contributed by atoms with Gasteiger partial charge in [-0.3, -0.25) is 19.7 Å². The SMILES string of the molecule is CCC(C)(C)OC.CCCC(CCC(=O)OC(C)(C)C)(CCC(=O)OC(C)(C)C)[N+](=O)[O-]. The number of nitrogens with zero attached hydrogens (tertiary/aromatic N) is 1. The maximum Gasteiger partial charge on any atom is 0.306 e. The van der Waals surface area contributed by atoms with Crippen molar-refractivity contribution in [2.45, 2.75) is 137 Å². The van der Waals surface area contributed by atoms with E-state index in [9.17, 15) is 19.7 Å². The average Bonchev–Trinajstić information content (AvgIpc) is 2.61. The van der Waals surface area contributed by atoms with Crippen molar-refractivity contribution in [2.75, 3.05) is 7.11 Å². The lowest BCUT2D eigenvalue weighted by atomic mass is 9.84. The number of carbonyl (C=O) groups is 2. The first-order valence-corrected chi connectivity index (χ1v) is 11.5. The molecule has 0 amide bonds. The third-order valence-electron chi connectivity index (χ3n) is 4.94. The van der Waals surface area contributed by atoms with E-state index in [1.807, 2.05) is 6.92 Å². The maximum atomic E-state index is 11.9. The molecular weight excluding hydrogens is 414 g/mol. The monoisotopic (exact) mass is 461 g/mol. The van der Waals surface area contributed by atoms with Gasteiger partial charge in [0.15, 0.2) is 0 Å². The Kier molecular flexibility index (Phi) is 14.0. The van der Waals surface area contributed by atoms with Crippen LogP contribution in [0.15, 0.2) is 0 Å².